The predicted octanol–water partition coefficient (Wildman–Crippen LogP) is 6.69. The molecule has 11 heteroatoms. The van der Waals surface area contributed by atoms with Crippen LogP contribution in [0, 0.1) is 5.92 Å². The van der Waals surface area contributed by atoms with Gasteiger partial charge in [-0.15, -0.1) is 0 Å². The highest BCUT2D eigenvalue weighted by Crippen LogP contribution is 2.34. The summed E-state index contributed by atoms with van der Waals surface area (Å²) in [6.45, 7) is 21.3. The van der Waals surface area contributed by atoms with E-state index in [9.17, 15) is 9.90 Å². The second-order valence-electron chi connectivity index (χ2n) is 11.8. The van der Waals surface area contributed by atoms with E-state index < -0.39 is 39.7 Å². The van der Waals surface area contributed by atoms with Crippen LogP contribution in [0.25, 0.3) is 6.08 Å². The van der Waals surface area contributed by atoms with E-state index in [1.54, 1.807) is 32.4 Å². The van der Waals surface area contributed by atoms with Crippen LogP contribution in [0.3, 0.4) is 0 Å². The fourth-order valence-electron chi connectivity index (χ4n) is 3.70. The predicted molar refractivity (Wildman–Crippen MR) is 153 cm³/mol. The number of methoxy groups -OCH3 is 2. The minimum Gasteiger partial charge on any atom is -0.493 e. The van der Waals surface area contributed by atoms with Gasteiger partial charge in [0.1, 0.15) is 0 Å². The zero-order valence-electron chi connectivity index (χ0n) is 23.7. The third kappa shape index (κ3) is 11.6. The number of hydrogen-bond donors (Lipinski definition) is 1. The number of ether oxygens (including phenoxy) is 2. The SMILES string of the molecule is COc1ccc(C=C(C(=O)O)C(C)CC[Si](O[Si](C)(C)C)(O[Si](C)(C)C)O[Si](C)(C)C)cc1OC. The Bertz CT molecular complexity index is 843. The molecule has 1 rings (SSSR count). The Morgan fingerprint density at radius 2 is 1.31 bits per heavy atom. The molecule has 1 aromatic rings. The molecule has 0 saturated heterocycles. The molecular weight excluding hydrogens is 513 g/mol. The normalized spacial score (nSPS) is 14.6. The number of carboxylic acid groups (broad SMARTS) is 1. The molecule has 0 radical (unpaired) electrons. The molecule has 0 heterocycles. The Morgan fingerprint density at radius 1 is 0.857 bits per heavy atom. The van der Waals surface area contributed by atoms with Crippen molar-refractivity contribution in [1.82, 2.24) is 0 Å². The molecule has 0 aliphatic carbocycles. The fraction of sp³-hybridized carbons (Fsp3) is 0.625. The molecule has 1 atom stereocenters. The van der Waals surface area contributed by atoms with Crippen LogP contribution >= 0.6 is 0 Å². The van der Waals surface area contributed by atoms with Crippen LogP contribution in [0.2, 0.25) is 65.0 Å². The van der Waals surface area contributed by atoms with Crippen molar-refractivity contribution in [1.29, 1.82) is 0 Å². The van der Waals surface area contributed by atoms with E-state index in [0.717, 1.165) is 5.56 Å². The first-order valence-corrected chi connectivity index (χ1v) is 24.2. The van der Waals surface area contributed by atoms with Gasteiger partial charge in [0, 0.05) is 11.6 Å². The zero-order chi connectivity index (χ0) is 27.2. The molecule has 35 heavy (non-hydrogen) atoms. The van der Waals surface area contributed by atoms with Crippen LogP contribution in [0.1, 0.15) is 18.9 Å². The first-order valence-electron chi connectivity index (χ1n) is 12.1. The summed E-state index contributed by atoms with van der Waals surface area (Å²) in [5, 5.41) is 10.0. The summed E-state index contributed by atoms with van der Waals surface area (Å²) >= 11 is 0. The van der Waals surface area contributed by atoms with Crippen molar-refractivity contribution in [3.8, 4) is 11.5 Å². The summed E-state index contributed by atoms with van der Waals surface area (Å²) in [4.78, 5) is 12.2. The van der Waals surface area contributed by atoms with Crippen molar-refractivity contribution in [3.63, 3.8) is 0 Å². The van der Waals surface area contributed by atoms with E-state index in [1.165, 1.54) is 0 Å². The molecule has 0 aliphatic rings. The van der Waals surface area contributed by atoms with Gasteiger partial charge in [0.05, 0.1) is 14.2 Å². The smallest absolute Gasteiger partial charge is 0.469 e. The van der Waals surface area contributed by atoms with Crippen LogP contribution < -0.4 is 9.47 Å². The van der Waals surface area contributed by atoms with Gasteiger partial charge < -0.3 is 26.9 Å². The molecule has 0 amide bonds. The van der Waals surface area contributed by atoms with Crippen LogP contribution in [0.5, 0.6) is 11.5 Å². The molecule has 0 aliphatic heterocycles. The number of carboxylic acids is 1. The molecule has 0 aromatic heterocycles. The lowest BCUT2D eigenvalue weighted by molar-refractivity contribution is -0.133. The highest BCUT2D eigenvalue weighted by Gasteiger charge is 2.50. The highest BCUT2D eigenvalue weighted by molar-refractivity contribution is 6.90. The van der Waals surface area contributed by atoms with E-state index in [0.29, 0.717) is 29.5 Å². The summed E-state index contributed by atoms with van der Waals surface area (Å²) in [7, 11) is -5.89. The first-order chi connectivity index (χ1) is 15.8. The lowest BCUT2D eigenvalue weighted by atomic mass is 9.96. The lowest BCUT2D eigenvalue weighted by Crippen LogP contribution is -2.60. The van der Waals surface area contributed by atoms with Crippen molar-refractivity contribution in [2.45, 2.75) is 78.3 Å². The Balaban J connectivity index is 3.34. The van der Waals surface area contributed by atoms with Gasteiger partial charge in [-0.1, -0.05) is 13.0 Å². The quantitative estimate of drug-likeness (QED) is 0.201. The Labute approximate surface area is 216 Å². The fourth-order valence-corrected chi connectivity index (χ4v) is 18.5. The Kier molecular flexibility index (Phi) is 11.2. The molecule has 0 fully saturated rings. The molecule has 0 bridgehead atoms. The van der Waals surface area contributed by atoms with Crippen molar-refractivity contribution in [2.75, 3.05) is 14.2 Å². The standard InChI is InChI=1S/C24H46O7Si4/c1-19(21(24(25)26)17-20-13-14-22(27-2)23(18-20)28-3)15-16-35(29-32(4,5)6,30-33(7,8)9)31-34(10,11)12/h13-14,17-19H,15-16H2,1-12H3,(H,25,26). The number of carbonyl (C=O) groups is 1. The average molecular weight is 559 g/mol. The number of benzene rings is 1. The summed E-state index contributed by atoms with van der Waals surface area (Å²) in [6, 6.07) is 5.97. The van der Waals surface area contributed by atoms with Crippen molar-refractivity contribution in [2.24, 2.45) is 5.92 Å². The number of hydrogen-bond acceptors (Lipinski definition) is 6. The number of aliphatic carboxylic acids is 1. The molecule has 200 valence electrons. The maximum atomic E-state index is 12.2. The van der Waals surface area contributed by atoms with E-state index in [2.05, 4.69) is 58.9 Å². The molecular formula is C24H46O7Si4. The maximum Gasteiger partial charge on any atom is 0.469 e. The molecule has 1 N–H and O–H groups in total. The molecule has 0 spiro atoms. The van der Waals surface area contributed by atoms with Gasteiger partial charge in [-0.05, 0) is 95.0 Å². The van der Waals surface area contributed by atoms with Crippen molar-refractivity contribution >= 4 is 45.8 Å². The van der Waals surface area contributed by atoms with Crippen LogP contribution in [-0.4, -0.2) is 59.1 Å². The minimum absolute atomic E-state index is 0.229. The van der Waals surface area contributed by atoms with Gasteiger partial charge in [-0.3, -0.25) is 0 Å². The topological polar surface area (TPSA) is 83.5 Å². The van der Waals surface area contributed by atoms with Gasteiger partial charge in [0.15, 0.2) is 36.5 Å². The zero-order valence-corrected chi connectivity index (χ0v) is 27.7. The second-order valence-corrected chi connectivity index (χ2v) is 28.8. The summed E-state index contributed by atoms with van der Waals surface area (Å²) < 4.78 is 30.9. The lowest BCUT2D eigenvalue weighted by Gasteiger charge is -2.43. The molecule has 7 nitrogen and oxygen atoms in total. The van der Waals surface area contributed by atoms with Crippen LogP contribution in [-0.2, 0) is 17.1 Å². The maximum absolute atomic E-state index is 12.2. The monoisotopic (exact) mass is 558 g/mol. The van der Waals surface area contributed by atoms with Gasteiger partial charge in [-0.25, -0.2) is 4.79 Å². The summed E-state index contributed by atoms with van der Waals surface area (Å²) in [5.41, 5.74) is 1.07. The second kappa shape index (κ2) is 12.3. The highest BCUT2D eigenvalue weighted by atomic mass is 28.5. The summed E-state index contributed by atoms with van der Waals surface area (Å²) in [5.74, 6) is -0.0161. The van der Waals surface area contributed by atoms with Crippen molar-refractivity contribution in [3.05, 3.63) is 29.3 Å². The van der Waals surface area contributed by atoms with Crippen LogP contribution in [0.4, 0.5) is 0 Å². The largest absolute Gasteiger partial charge is 0.493 e. The summed E-state index contributed by atoms with van der Waals surface area (Å²) in [6.07, 6.45) is 2.30. The van der Waals surface area contributed by atoms with Gasteiger partial charge >= 0.3 is 14.8 Å². The van der Waals surface area contributed by atoms with E-state index in [4.69, 9.17) is 21.8 Å². The van der Waals surface area contributed by atoms with Gasteiger partial charge in [0.2, 0.25) is 0 Å². The molecule has 1 aromatic carbocycles. The Hall–Kier alpha value is -1.22. The number of rotatable bonds is 14. The molecule has 0 saturated carbocycles. The van der Waals surface area contributed by atoms with Crippen molar-refractivity contribution < 1.29 is 31.7 Å². The van der Waals surface area contributed by atoms with E-state index in [1.807, 2.05) is 13.0 Å². The van der Waals surface area contributed by atoms with Gasteiger partial charge in [0.25, 0.3) is 0 Å². The molecule has 1 unspecified atom stereocenters. The van der Waals surface area contributed by atoms with E-state index >= 15 is 0 Å². The van der Waals surface area contributed by atoms with Crippen LogP contribution in [0.15, 0.2) is 23.8 Å². The first kappa shape index (κ1) is 31.8. The minimum atomic E-state index is -3.04. The third-order valence-corrected chi connectivity index (χ3v) is 16.8. The Morgan fingerprint density at radius 3 is 1.69 bits per heavy atom. The van der Waals surface area contributed by atoms with Gasteiger partial charge in [-0.2, -0.15) is 0 Å². The van der Waals surface area contributed by atoms with E-state index in [-0.39, 0.29) is 5.92 Å². The third-order valence-electron chi connectivity index (χ3n) is 4.78. The average Bonchev–Trinajstić information content (AvgIpc) is 2.65.